The monoisotopic (exact) mass is 216 g/mol. The molecule has 1 N–H and O–H groups in total. The lowest BCUT2D eigenvalue weighted by atomic mass is 9.96. The van der Waals surface area contributed by atoms with Crippen molar-refractivity contribution in [1.82, 2.24) is 9.97 Å². The highest BCUT2D eigenvalue weighted by Crippen LogP contribution is 2.22. The van der Waals surface area contributed by atoms with E-state index in [4.69, 9.17) is 0 Å². The maximum atomic E-state index is 4.34. The molecule has 0 bridgehead atoms. The number of nitrogens with one attached hydrogen (secondary N) is 1. The molecule has 0 aliphatic rings. The van der Waals surface area contributed by atoms with Crippen molar-refractivity contribution in [2.24, 2.45) is 0 Å². The van der Waals surface area contributed by atoms with E-state index in [9.17, 15) is 0 Å². The number of imidazole rings is 1. The van der Waals surface area contributed by atoms with Crippen molar-refractivity contribution < 1.29 is 0 Å². The first-order chi connectivity index (χ1) is 4.91. The van der Waals surface area contributed by atoms with Crippen LogP contribution in [0.1, 0.15) is 32.3 Å². The first-order valence-corrected chi connectivity index (χ1v) is 4.43. The summed E-state index contributed by atoms with van der Waals surface area (Å²) in [6.45, 7) is 8.42. The van der Waals surface area contributed by atoms with Crippen LogP contribution in [0.5, 0.6) is 0 Å². The van der Waals surface area contributed by atoms with E-state index in [1.165, 1.54) is 0 Å². The van der Waals surface area contributed by atoms with Crippen LogP contribution in [0.3, 0.4) is 0 Å². The van der Waals surface area contributed by atoms with Gasteiger partial charge in [-0.3, -0.25) is 0 Å². The Balaban J connectivity index is 3.08. The Hall–Kier alpha value is -0.310. The Bertz CT molecular complexity index is 238. The Labute approximate surface area is 75.6 Å². The minimum Gasteiger partial charge on any atom is -0.345 e. The molecule has 1 rings (SSSR count). The predicted octanol–water partition coefficient (Wildman–Crippen LogP) is 2.78. The summed E-state index contributed by atoms with van der Waals surface area (Å²) in [5.41, 5.74) is 1.20. The summed E-state index contributed by atoms with van der Waals surface area (Å²) in [5.74, 6) is 1.03. The highest BCUT2D eigenvalue weighted by molar-refractivity contribution is 9.10. The van der Waals surface area contributed by atoms with Crippen molar-refractivity contribution in [3.63, 3.8) is 0 Å². The van der Waals surface area contributed by atoms with Crippen molar-refractivity contribution >= 4 is 15.9 Å². The van der Waals surface area contributed by atoms with Crippen molar-refractivity contribution in [2.75, 3.05) is 0 Å². The zero-order chi connectivity index (χ0) is 8.65. The molecule has 0 aliphatic heterocycles. The van der Waals surface area contributed by atoms with Gasteiger partial charge in [0.1, 0.15) is 10.4 Å². The van der Waals surface area contributed by atoms with E-state index in [1.54, 1.807) is 0 Å². The van der Waals surface area contributed by atoms with Gasteiger partial charge in [-0.15, -0.1) is 0 Å². The second kappa shape index (κ2) is 2.63. The number of hydrogen-bond acceptors (Lipinski definition) is 1. The molecule has 0 spiro atoms. The zero-order valence-electron chi connectivity index (χ0n) is 7.33. The fourth-order valence-corrected chi connectivity index (χ4v) is 1.07. The Kier molecular flexibility index (Phi) is 2.10. The van der Waals surface area contributed by atoms with Gasteiger partial charge in [-0.2, -0.15) is 0 Å². The van der Waals surface area contributed by atoms with Crippen LogP contribution in [0.2, 0.25) is 0 Å². The van der Waals surface area contributed by atoms with Crippen molar-refractivity contribution in [3.05, 3.63) is 16.1 Å². The van der Waals surface area contributed by atoms with Gasteiger partial charge in [0.15, 0.2) is 0 Å². The molecule has 0 radical (unpaired) electrons. The second-order valence-corrected chi connectivity index (χ2v) is 4.50. The average molecular weight is 217 g/mol. The van der Waals surface area contributed by atoms with Gasteiger partial charge in [0, 0.05) is 11.1 Å². The van der Waals surface area contributed by atoms with Crippen molar-refractivity contribution in [2.45, 2.75) is 33.1 Å². The maximum absolute atomic E-state index is 4.34. The molecule has 1 aromatic heterocycles. The molecule has 3 heteroatoms. The summed E-state index contributed by atoms with van der Waals surface area (Å²) in [4.78, 5) is 7.57. The zero-order valence-corrected chi connectivity index (χ0v) is 8.91. The van der Waals surface area contributed by atoms with Gasteiger partial charge >= 0.3 is 0 Å². The van der Waals surface area contributed by atoms with Gasteiger partial charge in [-0.05, 0) is 22.9 Å². The predicted molar refractivity (Wildman–Crippen MR) is 49.7 cm³/mol. The molecule has 11 heavy (non-hydrogen) atoms. The van der Waals surface area contributed by atoms with E-state index in [0.717, 1.165) is 16.1 Å². The average Bonchev–Trinajstić information content (AvgIpc) is 2.11. The molecular weight excluding hydrogens is 204 g/mol. The van der Waals surface area contributed by atoms with Gasteiger partial charge in [0.05, 0.1) is 0 Å². The lowest BCUT2D eigenvalue weighted by Gasteiger charge is -2.13. The molecule has 0 aromatic carbocycles. The van der Waals surface area contributed by atoms with Crippen LogP contribution in [-0.2, 0) is 5.41 Å². The summed E-state index contributed by atoms with van der Waals surface area (Å²) in [5, 5.41) is 0. The Morgan fingerprint density at radius 3 is 2.09 bits per heavy atom. The number of aromatic amines is 1. The molecule has 0 amide bonds. The number of halogens is 1. The number of rotatable bonds is 0. The Morgan fingerprint density at radius 2 is 1.91 bits per heavy atom. The topological polar surface area (TPSA) is 28.7 Å². The van der Waals surface area contributed by atoms with E-state index in [0.29, 0.717) is 0 Å². The highest BCUT2D eigenvalue weighted by Gasteiger charge is 2.18. The van der Waals surface area contributed by atoms with Crippen LogP contribution in [0, 0.1) is 6.92 Å². The Morgan fingerprint density at radius 1 is 1.36 bits per heavy atom. The van der Waals surface area contributed by atoms with Crippen molar-refractivity contribution in [3.8, 4) is 0 Å². The van der Waals surface area contributed by atoms with E-state index < -0.39 is 0 Å². The standard InChI is InChI=1S/C8H13BrN2/c1-5-6(9)11-7(10-5)8(2,3)4/h1-4H3,(H,10,11). The fourth-order valence-electron chi connectivity index (χ4n) is 0.794. The molecule has 0 saturated heterocycles. The van der Waals surface area contributed by atoms with Crippen LogP contribution in [0.25, 0.3) is 0 Å². The number of aryl methyl sites for hydroxylation is 1. The first kappa shape index (κ1) is 8.78. The first-order valence-electron chi connectivity index (χ1n) is 3.64. The van der Waals surface area contributed by atoms with Gasteiger partial charge in [0.2, 0.25) is 0 Å². The van der Waals surface area contributed by atoms with E-state index in [2.05, 4.69) is 46.7 Å². The van der Waals surface area contributed by atoms with Crippen LogP contribution in [-0.4, -0.2) is 9.97 Å². The SMILES string of the molecule is Cc1[nH]c(C(C)(C)C)nc1Br. The number of H-pyrrole nitrogens is 1. The molecule has 2 nitrogen and oxygen atoms in total. The number of aromatic nitrogens is 2. The summed E-state index contributed by atoms with van der Waals surface area (Å²) in [7, 11) is 0. The fraction of sp³-hybridized carbons (Fsp3) is 0.625. The molecule has 0 atom stereocenters. The molecule has 0 fully saturated rings. The van der Waals surface area contributed by atoms with Crippen LogP contribution in [0.15, 0.2) is 4.60 Å². The van der Waals surface area contributed by atoms with Gasteiger partial charge < -0.3 is 4.98 Å². The summed E-state index contributed by atoms with van der Waals surface area (Å²) < 4.78 is 0.919. The van der Waals surface area contributed by atoms with Crippen LogP contribution < -0.4 is 0 Å². The lowest BCUT2D eigenvalue weighted by molar-refractivity contribution is 0.551. The smallest absolute Gasteiger partial charge is 0.127 e. The molecule has 0 aliphatic carbocycles. The minimum absolute atomic E-state index is 0.108. The molecule has 0 unspecified atom stereocenters. The quantitative estimate of drug-likeness (QED) is 0.711. The summed E-state index contributed by atoms with van der Waals surface area (Å²) in [6.07, 6.45) is 0. The molecular formula is C8H13BrN2. The normalized spacial score (nSPS) is 12.1. The molecule has 0 saturated carbocycles. The van der Waals surface area contributed by atoms with Crippen LogP contribution in [0.4, 0.5) is 0 Å². The minimum atomic E-state index is 0.108. The van der Waals surface area contributed by atoms with Crippen molar-refractivity contribution in [1.29, 1.82) is 0 Å². The van der Waals surface area contributed by atoms with Gasteiger partial charge in [0.25, 0.3) is 0 Å². The maximum Gasteiger partial charge on any atom is 0.127 e. The summed E-state index contributed by atoms with van der Waals surface area (Å²) >= 11 is 3.37. The number of hydrogen-bond donors (Lipinski definition) is 1. The molecule has 1 aromatic rings. The largest absolute Gasteiger partial charge is 0.345 e. The third-order valence-corrected chi connectivity index (χ3v) is 2.31. The highest BCUT2D eigenvalue weighted by atomic mass is 79.9. The van der Waals surface area contributed by atoms with Gasteiger partial charge in [-0.1, -0.05) is 20.8 Å². The molecule has 62 valence electrons. The molecule has 1 heterocycles. The second-order valence-electron chi connectivity index (χ2n) is 3.75. The van der Waals surface area contributed by atoms with Gasteiger partial charge in [-0.25, -0.2) is 4.98 Å². The van der Waals surface area contributed by atoms with E-state index in [-0.39, 0.29) is 5.41 Å². The van der Waals surface area contributed by atoms with Crippen LogP contribution >= 0.6 is 15.9 Å². The third-order valence-electron chi connectivity index (χ3n) is 1.54. The number of nitrogens with zero attached hydrogens (tertiary/aromatic N) is 1. The summed E-state index contributed by atoms with van der Waals surface area (Å²) in [6, 6.07) is 0. The third kappa shape index (κ3) is 1.83. The lowest BCUT2D eigenvalue weighted by Crippen LogP contribution is -2.13. The van der Waals surface area contributed by atoms with E-state index >= 15 is 0 Å². The van der Waals surface area contributed by atoms with E-state index in [1.807, 2.05) is 6.92 Å².